The number of hydrogen-bond acceptors (Lipinski definition) is 2. The van der Waals surface area contributed by atoms with E-state index in [0.717, 1.165) is 31.7 Å². The normalized spacial score (nSPS) is 22.0. The molecule has 4 heteroatoms. The van der Waals surface area contributed by atoms with E-state index in [1.807, 2.05) is 0 Å². The third-order valence-electron chi connectivity index (χ3n) is 4.91. The van der Waals surface area contributed by atoms with Gasteiger partial charge in [0.15, 0.2) is 0 Å². The van der Waals surface area contributed by atoms with Crippen LogP contribution in [0.2, 0.25) is 0 Å². The fourth-order valence-corrected chi connectivity index (χ4v) is 3.24. The van der Waals surface area contributed by atoms with Gasteiger partial charge in [0.2, 0.25) is 0 Å². The monoisotopic (exact) mass is 297 g/mol. The van der Waals surface area contributed by atoms with Gasteiger partial charge < -0.3 is 10.5 Å². The molecule has 1 unspecified atom stereocenters. The Morgan fingerprint density at radius 2 is 1.62 bits per heavy atom. The second kappa shape index (κ2) is 6.01. The van der Waals surface area contributed by atoms with E-state index >= 15 is 0 Å². The molecule has 2 nitrogen and oxygen atoms in total. The molecule has 1 atom stereocenters. The smallest absolute Gasteiger partial charge is 0.126 e. The average molecular weight is 297 g/mol. The van der Waals surface area contributed by atoms with Crippen molar-refractivity contribution < 1.29 is 13.5 Å². The third kappa shape index (κ3) is 3.80. The van der Waals surface area contributed by atoms with Crippen molar-refractivity contribution in [3.63, 3.8) is 0 Å². The van der Waals surface area contributed by atoms with Crippen LogP contribution in [0, 0.1) is 17.0 Å². The van der Waals surface area contributed by atoms with Gasteiger partial charge in [-0.3, -0.25) is 0 Å². The van der Waals surface area contributed by atoms with E-state index in [9.17, 15) is 8.78 Å². The minimum absolute atomic E-state index is 0.264. The highest BCUT2D eigenvalue weighted by Crippen LogP contribution is 2.43. The van der Waals surface area contributed by atoms with Gasteiger partial charge in [-0.2, -0.15) is 0 Å². The maximum atomic E-state index is 13.3. The lowest BCUT2D eigenvalue weighted by atomic mass is 9.68. The molecule has 1 aromatic carbocycles. The van der Waals surface area contributed by atoms with E-state index in [-0.39, 0.29) is 6.04 Å². The Labute approximate surface area is 125 Å². The summed E-state index contributed by atoms with van der Waals surface area (Å²) in [6.07, 6.45) is 4.28. The van der Waals surface area contributed by atoms with Gasteiger partial charge in [-0.25, -0.2) is 8.78 Å². The molecule has 1 fully saturated rings. The Morgan fingerprint density at radius 3 is 2.10 bits per heavy atom. The molecule has 0 bridgehead atoms. The Kier molecular flexibility index (Phi) is 4.69. The number of ether oxygens (including phenoxy) is 1. The summed E-state index contributed by atoms with van der Waals surface area (Å²) in [5, 5.41) is 0. The van der Waals surface area contributed by atoms with Gasteiger partial charge in [-0.05, 0) is 55.2 Å². The second-order valence-electron chi connectivity index (χ2n) is 7.02. The van der Waals surface area contributed by atoms with Crippen molar-refractivity contribution in [3.05, 3.63) is 35.4 Å². The van der Waals surface area contributed by atoms with Crippen molar-refractivity contribution in [2.24, 2.45) is 11.1 Å². The summed E-state index contributed by atoms with van der Waals surface area (Å²) in [6, 6.07) is 3.31. The molecule has 1 saturated carbocycles. The zero-order valence-electron chi connectivity index (χ0n) is 13.1. The number of benzene rings is 1. The standard InChI is InChI=1S/C17H25F2NO/c1-16(2)4-6-17(21-3,7-5-16)15(20)10-12-8-13(18)11-14(19)9-12/h8-9,11,15H,4-7,10,20H2,1-3H3. The fourth-order valence-electron chi connectivity index (χ4n) is 3.24. The summed E-state index contributed by atoms with van der Waals surface area (Å²) in [7, 11) is 1.68. The molecule has 2 rings (SSSR count). The zero-order valence-corrected chi connectivity index (χ0v) is 13.1. The first-order chi connectivity index (χ1) is 9.76. The number of methoxy groups -OCH3 is 1. The first-order valence-electron chi connectivity index (χ1n) is 7.52. The van der Waals surface area contributed by atoms with Crippen molar-refractivity contribution in [1.82, 2.24) is 0 Å². The average Bonchev–Trinajstić information content (AvgIpc) is 2.38. The maximum Gasteiger partial charge on any atom is 0.126 e. The molecule has 21 heavy (non-hydrogen) atoms. The van der Waals surface area contributed by atoms with E-state index in [0.29, 0.717) is 17.4 Å². The topological polar surface area (TPSA) is 35.2 Å². The first kappa shape index (κ1) is 16.4. The molecule has 0 spiro atoms. The molecule has 1 aliphatic carbocycles. The van der Waals surface area contributed by atoms with Crippen LogP contribution >= 0.6 is 0 Å². The van der Waals surface area contributed by atoms with Crippen molar-refractivity contribution in [2.45, 2.75) is 57.6 Å². The van der Waals surface area contributed by atoms with Crippen molar-refractivity contribution in [1.29, 1.82) is 0 Å². The molecular weight excluding hydrogens is 272 g/mol. The minimum atomic E-state index is -0.562. The van der Waals surface area contributed by atoms with Crippen LogP contribution in [-0.2, 0) is 11.2 Å². The van der Waals surface area contributed by atoms with Crippen LogP contribution in [0.15, 0.2) is 18.2 Å². The highest BCUT2D eigenvalue weighted by Gasteiger charge is 2.42. The Hall–Kier alpha value is -1.00. The van der Waals surface area contributed by atoms with Gasteiger partial charge in [-0.1, -0.05) is 13.8 Å². The van der Waals surface area contributed by atoms with Crippen LogP contribution in [0.5, 0.6) is 0 Å². The van der Waals surface area contributed by atoms with Gasteiger partial charge in [0, 0.05) is 19.2 Å². The van der Waals surface area contributed by atoms with E-state index in [1.54, 1.807) is 7.11 Å². The minimum Gasteiger partial charge on any atom is -0.377 e. The summed E-state index contributed by atoms with van der Waals surface area (Å²) < 4.78 is 32.3. The van der Waals surface area contributed by atoms with E-state index in [2.05, 4.69) is 13.8 Å². The summed E-state index contributed by atoms with van der Waals surface area (Å²) in [4.78, 5) is 0. The maximum absolute atomic E-state index is 13.3. The lowest BCUT2D eigenvalue weighted by Gasteiger charge is -2.46. The molecule has 0 aromatic heterocycles. The highest BCUT2D eigenvalue weighted by molar-refractivity contribution is 5.20. The molecule has 118 valence electrons. The fraction of sp³-hybridized carbons (Fsp3) is 0.647. The van der Waals surface area contributed by atoms with Crippen LogP contribution in [0.4, 0.5) is 8.78 Å². The van der Waals surface area contributed by atoms with Gasteiger partial charge in [0.05, 0.1) is 5.60 Å². The quantitative estimate of drug-likeness (QED) is 0.917. The van der Waals surface area contributed by atoms with Gasteiger partial charge >= 0.3 is 0 Å². The lowest BCUT2D eigenvalue weighted by molar-refractivity contribution is -0.0781. The molecule has 0 amide bonds. The Morgan fingerprint density at radius 1 is 1.10 bits per heavy atom. The number of halogens is 2. The van der Waals surface area contributed by atoms with Gasteiger partial charge in [0.25, 0.3) is 0 Å². The first-order valence-corrected chi connectivity index (χ1v) is 7.52. The summed E-state index contributed by atoms with van der Waals surface area (Å²) in [5.41, 5.74) is 6.85. The summed E-state index contributed by atoms with van der Waals surface area (Å²) in [5.74, 6) is -1.12. The van der Waals surface area contributed by atoms with Crippen molar-refractivity contribution in [3.8, 4) is 0 Å². The van der Waals surface area contributed by atoms with E-state index in [4.69, 9.17) is 10.5 Å². The lowest BCUT2D eigenvalue weighted by Crippen LogP contribution is -2.53. The van der Waals surface area contributed by atoms with Crippen LogP contribution in [0.3, 0.4) is 0 Å². The number of nitrogens with two attached hydrogens (primary N) is 1. The molecule has 1 aliphatic rings. The van der Waals surface area contributed by atoms with E-state index in [1.165, 1.54) is 12.1 Å². The highest BCUT2D eigenvalue weighted by atomic mass is 19.1. The molecule has 0 aliphatic heterocycles. The van der Waals surface area contributed by atoms with Crippen LogP contribution in [-0.4, -0.2) is 18.8 Å². The molecule has 0 saturated heterocycles. The molecule has 1 aromatic rings. The predicted octanol–water partition coefficient (Wildman–Crippen LogP) is 3.82. The van der Waals surface area contributed by atoms with Gasteiger partial charge in [0.1, 0.15) is 11.6 Å². The summed E-state index contributed by atoms with van der Waals surface area (Å²) in [6.45, 7) is 4.50. The molecule has 2 N–H and O–H groups in total. The van der Waals surface area contributed by atoms with E-state index < -0.39 is 17.2 Å². The SMILES string of the molecule is COC1(C(N)Cc2cc(F)cc(F)c2)CCC(C)(C)CC1. The van der Waals surface area contributed by atoms with Crippen LogP contribution in [0.1, 0.15) is 45.1 Å². The van der Waals surface area contributed by atoms with Crippen LogP contribution < -0.4 is 5.73 Å². The Bertz CT molecular complexity index is 471. The molecular formula is C17H25F2NO. The number of hydrogen-bond donors (Lipinski definition) is 1. The van der Waals surface area contributed by atoms with Gasteiger partial charge in [-0.15, -0.1) is 0 Å². The molecule has 0 radical (unpaired) electrons. The predicted molar refractivity (Wildman–Crippen MR) is 80.0 cm³/mol. The second-order valence-corrected chi connectivity index (χ2v) is 7.02. The molecule has 0 heterocycles. The zero-order chi connectivity index (χ0) is 15.7. The van der Waals surface area contributed by atoms with Crippen molar-refractivity contribution in [2.75, 3.05) is 7.11 Å². The summed E-state index contributed by atoms with van der Waals surface area (Å²) >= 11 is 0. The largest absolute Gasteiger partial charge is 0.377 e. The third-order valence-corrected chi connectivity index (χ3v) is 4.91. The van der Waals surface area contributed by atoms with Crippen LogP contribution in [0.25, 0.3) is 0 Å². The number of rotatable bonds is 4. The Balaban J connectivity index is 2.12. The van der Waals surface area contributed by atoms with Crippen molar-refractivity contribution >= 4 is 0 Å².